The van der Waals surface area contributed by atoms with Crippen molar-refractivity contribution in [3.8, 4) is 6.07 Å². The Morgan fingerprint density at radius 2 is 2.04 bits per heavy atom. The maximum absolute atomic E-state index is 6.35. The van der Waals surface area contributed by atoms with E-state index in [9.17, 15) is 0 Å². The van der Waals surface area contributed by atoms with Gasteiger partial charge >= 0.3 is 6.07 Å². The summed E-state index contributed by atoms with van der Waals surface area (Å²) in [5, 5.41) is 3.41. The number of piperidine rings is 1. The summed E-state index contributed by atoms with van der Waals surface area (Å²) in [5.74, 6) is 0.778. The van der Waals surface area contributed by atoms with Gasteiger partial charge in [0.05, 0.1) is 11.6 Å². The van der Waals surface area contributed by atoms with Crippen LogP contribution in [-0.4, -0.2) is 32.2 Å². The van der Waals surface area contributed by atoms with Crippen LogP contribution in [0.2, 0.25) is 0 Å². The standard InChI is InChI=1S/C20H25N5S/c1-23-12-16-18(14-5-3-4-6-17(14)26-2)15(11-21)20(22)25-19(16)13-7-9-24-10-8-13/h3-6,11,13,18,24H,7-10H2,1-2H3,(H3,21,22)/p+1. The average molecular weight is 369 g/mol. The van der Waals surface area contributed by atoms with Crippen molar-refractivity contribution in [2.75, 3.05) is 26.4 Å². The van der Waals surface area contributed by atoms with E-state index in [1.165, 1.54) is 10.5 Å². The van der Waals surface area contributed by atoms with Crippen LogP contribution in [0.15, 0.2) is 57.2 Å². The maximum atomic E-state index is 6.35. The maximum Gasteiger partial charge on any atom is 0.309 e. The lowest BCUT2D eigenvalue weighted by Gasteiger charge is -2.30. The molecule has 2 heterocycles. The second-order valence-electron chi connectivity index (χ2n) is 6.45. The zero-order chi connectivity index (χ0) is 18.5. The first-order chi connectivity index (χ1) is 12.7. The molecule has 0 amide bonds. The highest BCUT2D eigenvalue weighted by Crippen LogP contribution is 2.43. The van der Waals surface area contributed by atoms with Crippen LogP contribution < -0.4 is 16.8 Å². The van der Waals surface area contributed by atoms with E-state index in [0.29, 0.717) is 11.8 Å². The fraction of sp³-hybridized carbons (Fsp3) is 0.400. The summed E-state index contributed by atoms with van der Waals surface area (Å²) in [6.45, 7) is 1.98. The first-order valence-corrected chi connectivity index (χ1v) is 10.1. The van der Waals surface area contributed by atoms with E-state index in [1.807, 2.05) is 0 Å². The predicted octanol–water partition coefficient (Wildman–Crippen LogP) is 2.92. The second kappa shape index (κ2) is 8.43. The average Bonchev–Trinajstić information content (AvgIpc) is 2.69. The van der Waals surface area contributed by atoms with Gasteiger partial charge in [0.15, 0.2) is 0 Å². The Bertz CT molecular complexity index is 822. The Hall–Kier alpha value is -2.23. The normalized spacial score (nSPS) is 22.8. The molecule has 1 atom stereocenters. The Morgan fingerprint density at radius 1 is 1.31 bits per heavy atom. The lowest BCUT2D eigenvalue weighted by Crippen LogP contribution is -2.33. The van der Waals surface area contributed by atoms with Crippen LogP contribution in [-0.2, 0) is 0 Å². The summed E-state index contributed by atoms with van der Waals surface area (Å²) in [5.41, 5.74) is 16.3. The minimum absolute atomic E-state index is 0.0882. The zero-order valence-corrected chi connectivity index (χ0v) is 16.1. The predicted molar refractivity (Wildman–Crippen MR) is 111 cm³/mol. The summed E-state index contributed by atoms with van der Waals surface area (Å²) < 4.78 is 0. The van der Waals surface area contributed by atoms with Crippen LogP contribution in [0, 0.1) is 12.0 Å². The number of aliphatic imine (C=N–C) groups is 1. The molecule has 5 N–H and O–H groups in total. The second-order valence-corrected chi connectivity index (χ2v) is 7.30. The first kappa shape index (κ1) is 18.6. The molecule has 6 heteroatoms. The van der Waals surface area contributed by atoms with Gasteiger partial charge in [-0.3, -0.25) is 0 Å². The monoisotopic (exact) mass is 368 g/mol. The van der Waals surface area contributed by atoms with E-state index in [4.69, 9.17) is 16.5 Å². The van der Waals surface area contributed by atoms with Gasteiger partial charge in [0.2, 0.25) is 0 Å². The number of nitrogens with two attached hydrogens (primary N) is 2. The third-order valence-corrected chi connectivity index (χ3v) is 5.81. The van der Waals surface area contributed by atoms with E-state index >= 15 is 0 Å². The van der Waals surface area contributed by atoms with Crippen molar-refractivity contribution in [1.82, 2.24) is 5.32 Å². The largest absolute Gasteiger partial charge is 0.404 e. The number of thioether (sulfide) groups is 1. The van der Waals surface area contributed by atoms with Crippen molar-refractivity contribution >= 4 is 17.6 Å². The molecule has 0 saturated carbocycles. The van der Waals surface area contributed by atoms with Crippen molar-refractivity contribution < 1.29 is 0 Å². The van der Waals surface area contributed by atoms with Gasteiger partial charge in [0, 0.05) is 22.6 Å². The summed E-state index contributed by atoms with van der Waals surface area (Å²) in [6.07, 6.45) is 5.75. The van der Waals surface area contributed by atoms with E-state index in [-0.39, 0.29) is 5.92 Å². The Balaban J connectivity index is 2.21. The van der Waals surface area contributed by atoms with Gasteiger partial charge < -0.3 is 16.8 Å². The van der Waals surface area contributed by atoms with Crippen molar-refractivity contribution in [3.05, 3.63) is 57.7 Å². The Kier molecular flexibility index (Phi) is 6.02. The molecule has 1 aromatic rings. The van der Waals surface area contributed by atoms with Gasteiger partial charge in [-0.1, -0.05) is 23.0 Å². The van der Waals surface area contributed by atoms with Crippen LogP contribution in [0.5, 0.6) is 0 Å². The molecule has 1 saturated heterocycles. The van der Waals surface area contributed by atoms with Crippen molar-refractivity contribution in [3.63, 3.8) is 0 Å². The number of nitrogens with zero attached hydrogens (tertiary/aromatic N) is 2. The molecule has 2 aliphatic heterocycles. The molecule has 0 bridgehead atoms. The van der Waals surface area contributed by atoms with E-state index < -0.39 is 0 Å². The summed E-state index contributed by atoms with van der Waals surface area (Å²) in [7, 11) is 1.75. The highest BCUT2D eigenvalue weighted by molar-refractivity contribution is 7.98. The van der Waals surface area contributed by atoms with Crippen molar-refractivity contribution in [2.24, 2.45) is 22.4 Å². The molecular weight excluding hydrogens is 342 g/mol. The third-order valence-electron chi connectivity index (χ3n) is 5.00. The molecule has 136 valence electrons. The van der Waals surface area contributed by atoms with Gasteiger partial charge in [0.1, 0.15) is 11.4 Å². The summed E-state index contributed by atoms with van der Waals surface area (Å²) >= 11 is 1.72. The van der Waals surface area contributed by atoms with Gasteiger partial charge in [-0.2, -0.15) is 0 Å². The Labute approximate surface area is 159 Å². The SMILES string of the molecule is C[N+]#CC1=C(C2CCNCC2)N=C(N)/C(=C\N)C1c1ccccc1SC. The van der Waals surface area contributed by atoms with Gasteiger partial charge in [-0.25, -0.2) is 4.99 Å². The highest BCUT2D eigenvalue weighted by atomic mass is 32.2. The quantitative estimate of drug-likeness (QED) is 0.717. The van der Waals surface area contributed by atoms with E-state index in [0.717, 1.165) is 42.8 Å². The third kappa shape index (κ3) is 3.50. The van der Waals surface area contributed by atoms with Gasteiger partial charge in [-0.15, -0.1) is 11.8 Å². The minimum atomic E-state index is -0.0882. The highest BCUT2D eigenvalue weighted by Gasteiger charge is 2.36. The molecule has 2 aliphatic rings. The molecule has 0 radical (unpaired) electrons. The van der Waals surface area contributed by atoms with Crippen LogP contribution in [0.1, 0.15) is 24.3 Å². The molecule has 0 spiro atoms. The number of hydrogen-bond donors (Lipinski definition) is 3. The van der Waals surface area contributed by atoms with Gasteiger partial charge in [0.25, 0.3) is 7.05 Å². The molecular formula is C20H26N5S+. The van der Waals surface area contributed by atoms with Crippen LogP contribution in [0.3, 0.4) is 0 Å². The number of hydrogen-bond acceptors (Lipinski definition) is 5. The number of nitrogens with one attached hydrogen (secondary N) is 1. The number of allylic oxidation sites excluding steroid dienone is 2. The van der Waals surface area contributed by atoms with Gasteiger partial charge in [-0.05, 0) is 43.8 Å². The van der Waals surface area contributed by atoms with E-state index in [2.05, 4.69) is 46.8 Å². The molecule has 0 aliphatic carbocycles. The first-order valence-electron chi connectivity index (χ1n) is 8.90. The fourth-order valence-corrected chi connectivity index (χ4v) is 4.40. The fourth-order valence-electron chi connectivity index (χ4n) is 3.76. The lowest BCUT2D eigenvalue weighted by molar-refractivity contribution is 0.414. The van der Waals surface area contributed by atoms with Crippen molar-refractivity contribution in [1.29, 1.82) is 0 Å². The number of benzene rings is 1. The molecule has 1 unspecified atom stereocenters. The molecule has 0 aromatic heterocycles. The van der Waals surface area contributed by atoms with Crippen LogP contribution >= 0.6 is 11.8 Å². The molecule has 26 heavy (non-hydrogen) atoms. The van der Waals surface area contributed by atoms with Crippen molar-refractivity contribution in [2.45, 2.75) is 23.7 Å². The smallest absolute Gasteiger partial charge is 0.309 e. The topological polar surface area (TPSA) is 80.8 Å². The molecule has 3 rings (SSSR count). The van der Waals surface area contributed by atoms with Crippen LogP contribution in [0.4, 0.5) is 0 Å². The Morgan fingerprint density at radius 3 is 2.69 bits per heavy atom. The molecule has 1 fully saturated rings. The van der Waals surface area contributed by atoms with E-state index in [1.54, 1.807) is 25.0 Å². The summed E-state index contributed by atoms with van der Waals surface area (Å²) in [6, 6.07) is 11.6. The molecule has 1 aromatic carbocycles. The summed E-state index contributed by atoms with van der Waals surface area (Å²) in [4.78, 5) is 10.2. The molecule has 5 nitrogen and oxygen atoms in total. The van der Waals surface area contributed by atoms with Crippen LogP contribution in [0.25, 0.3) is 4.85 Å². The lowest BCUT2D eigenvalue weighted by atomic mass is 9.78. The number of amidine groups is 1. The zero-order valence-electron chi connectivity index (χ0n) is 15.3. The minimum Gasteiger partial charge on any atom is -0.404 e. The number of rotatable bonds is 3.